The molecule has 0 aliphatic rings. The molecule has 3 rings (SSSR count). The van der Waals surface area contributed by atoms with Gasteiger partial charge in [-0.1, -0.05) is 0 Å². The van der Waals surface area contributed by atoms with E-state index in [1.807, 2.05) is 19.1 Å². The second-order valence-electron chi connectivity index (χ2n) is 4.43. The molecule has 0 aromatic carbocycles. The van der Waals surface area contributed by atoms with Gasteiger partial charge in [-0.2, -0.15) is 0 Å². The standard InChI is InChI=1S/C13H14N4S/c1-6-4-5-9-12(15-6)17-13(16-9)10-7(2)8(3)18-11(10)14/h4-5H,14H2,1-3H3,(H,15,16,17). The van der Waals surface area contributed by atoms with Crippen LogP contribution in [0.25, 0.3) is 22.6 Å². The Labute approximate surface area is 109 Å². The predicted octanol–water partition coefficient (Wildman–Crippen LogP) is 3.19. The Bertz CT molecular complexity index is 739. The summed E-state index contributed by atoms with van der Waals surface area (Å²) in [6, 6.07) is 3.97. The summed E-state index contributed by atoms with van der Waals surface area (Å²) in [6.45, 7) is 6.11. The largest absolute Gasteiger partial charge is 0.390 e. The number of aryl methyl sites for hydroxylation is 2. The number of imidazole rings is 1. The number of fused-ring (bicyclic) bond motifs is 1. The van der Waals surface area contributed by atoms with Crippen molar-refractivity contribution in [3.8, 4) is 11.4 Å². The van der Waals surface area contributed by atoms with Gasteiger partial charge < -0.3 is 10.7 Å². The quantitative estimate of drug-likeness (QED) is 0.704. The summed E-state index contributed by atoms with van der Waals surface area (Å²) in [5, 5.41) is 0.806. The van der Waals surface area contributed by atoms with Crippen LogP contribution in [0, 0.1) is 20.8 Å². The van der Waals surface area contributed by atoms with Gasteiger partial charge in [0.2, 0.25) is 0 Å². The maximum Gasteiger partial charge on any atom is 0.178 e. The van der Waals surface area contributed by atoms with Crippen LogP contribution in [0.3, 0.4) is 0 Å². The Hall–Kier alpha value is -1.88. The van der Waals surface area contributed by atoms with Crippen molar-refractivity contribution in [2.45, 2.75) is 20.8 Å². The van der Waals surface area contributed by atoms with Gasteiger partial charge in [0.05, 0.1) is 16.1 Å². The van der Waals surface area contributed by atoms with Crippen LogP contribution in [-0.2, 0) is 0 Å². The predicted molar refractivity (Wildman–Crippen MR) is 75.8 cm³/mol. The topological polar surface area (TPSA) is 67.6 Å². The summed E-state index contributed by atoms with van der Waals surface area (Å²) in [5.41, 5.74) is 10.9. The van der Waals surface area contributed by atoms with Gasteiger partial charge in [0.25, 0.3) is 0 Å². The summed E-state index contributed by atoms with van der Waals surface area (Å²) in [5.74, 6) is 0.808. The Balaban J connectivity index is 2.25. The highest BCUT2D eigenvalue weighted by molar-refractivity contribution is 7.16. The van der Waals surface area contributed by atoms with Crippen LogP contribution < -0.4 is 5.73 Å². The number of nitrogen functional groups attached to an aromatic ring is 1. The second-order valence-corrected chi connectivity index (χ2v) is 5.69. The number of aromatic nitrogens is 3. The van der Waals surface area contributed by atoms with E-state index in [0.29, 0.717) is 0 Å². The first-order chi connectivity index (χ1) is 8.56. The number of aromatic amines is 1. The number of hydrogen-bond acceptors (Lipinski definition) is 4. The Kier molecular flexibility index (Phi) is 2.38. The highest BCUT2D eigenvalue weighted by atomic mass is 32.1. The van der Waals surface area contributed by atoms with Crippen molar-refractivity contribution in [1.29, 1.82) is 0 Å². The molecule has 0 saturated heterocycles. The van der Waals surface area contributed by atoms with Crippen LogP contribution in [0.4, 0.5) is 5.00 Å². The number of nitrogens with zero attached hydrogens (tertiary/aromatic N) is 2. The Morgan fingerprint density at radius 2 is 1.94 bits per heavy atom. The van der Waals surface area contributed by atoms with E-state index in [9.17, 15) is 0 Å². The molecule has 3 aromatic heterocycles. The third-order valence-electron chi connectivity index (χ3n) is 3.13. The maximum absolute atomic E-state index is 6.06. The molecule has 0 amide bonds. The number of nitrogens with two attached hydrogens (primary N) is 1. The zero-order valence-corrected chi connectivity index (χ0v) is 11.4. The molecule has 5 heteroatoms. The van der Waals surface area contributed by atoms with Gasteiger partial charge in [-0.3, -0.25) is 0 Å². The van der Waals surface area contributed by atoms with Crippen LogP contribution >= 0.6 is 11.3 Å². The molecule has 0 unspecified atom stereocenters. The van der Waals surface area contributed by atoms with Crippen LogP contribution in [-0.4, -0.2) is 15.0 Å². The lowest BCUT2D eigenvalue weighted by atomic mass is 10.1. The molecule has 3 heterocycles. The SMILES string of the molecule is Cc1ccc2[nH]c(-c3c(N)sc(C)c3C)nc2n1. The molecule has 0 bridgehead atoms. The first-order valence-corrected chi connectivity index (χ1v) is 6.57. The van der Waals surface area contributed by atoms with Crippen molar-refractivity contribution in [2.75, 3.05) is 5.73 Å². The minimum atomic E-state index is 0.743. The van der Waals surface area contributed by atoms with Crippen molar-refractivity contribution in [2.24, 2.45) is 0 Å². The second kappa shape index (κ2) is 3.81. The van der Waals surface area contributed by atoms with E-state index in [2.05, 4.69) is 28.8 Å². The average molecular weight is 258 g/mol. The van der Waals surface area contributed by atoms with Crippen molar-refractivity contribution in [3.63, 3.8) is 0 Å². The van der Waals surface area contributed by atoms with Crippen molar-refractivity contribution >= 4 is 27.5 Å². The van der Waals surface area contributed by atoms with E-state index in [4.69, 9.17) is 5.73 Å². The van der Waals surface area contributed by atoms with Crippen LogP contribution in [0.15, 0.2) is 12.1 Å². The van der Waals surface area contributed by atoms with Gasteiger partial charge in [0, 0.05) is 10.6 Å². The van der Waals surface area contributed by atoms with Crippen LogP contribution in [0.5, 0.6) is 0 Å². The smallest absolute Gasteiger partial charge is 0.178 e. The lowest BCUT2D eigenvalue weighted by Gasteiger charge is -1.96. The number of hydrogen-bond donors (Lipinski definition) is 2. The molecule has 3 aromatic rings. The molecule has 0 saturated carbocycles. The lowest BCUT2D eigenvalue weighted by Crippen LogP contribution is -1.88. The van der Waals surface area contributed by atoms with Gasteiger partial charge in [-0.25, -0.2) is 9.97 Å². The number of H-pyrrole nitrogens is 1. The summed E-state index contributed by atoms with van der Waals surface area (Å²) in [7, 11) is 0. The molecule has 4 nitrogen and oxygen atoms in total. The molecular weight excluding hydrogens is 244 g/mol. The zero-order chi connectivity index (χ0) is 12.9. The summed E-state index contributed by atoms with van der Waals surface area (Å²) < 4.78 is 0. The maximum atomic E-state index is 6.06. The van der Waals surface area contributed by atoms with Crippen LogP contribution in [0.1, 0.15) is 16.1 Å². The fraction of sp³-hybridized carbons (Fsp3) is 0.231. The molecule has 0 aliphatic heterocycles. The van der Waals surface area contributed by atoms with E-state index < -0.39 is 0 Å². The van der Waals surface area contributed by atoms with E-state index in [1.165, 1.54) is 10.4 Å². The van der Waals surface area contributed by atoms with Gasteiger partial charge in [0.15, 0.2) is 5.65 Å². The first-order valence-electron chi connectivity index (χ1n) is 5.75. The lowest BCUT2D eigenvalue weighted by molar-refractivity contribution is 1.22. The molecule has 0 spiro atoms. The number of pyridine rings is 1. The number of thiophene rings is 1. The summed E-state index contributed by atoms with van der Waals surface area (Å²) in [4.78, 5) is 13.5. The molecule has 92 valence electrons. The van der Waals surface area contributed by atoms with Crippen molar-refractivity contribution in [3.05, 3.63) is 28.3 Å². The number of rotatable bonds is 1. The Morgan fingerprint density at radius 3 is 2.61 bits per heavy atom. The fourth-order valence-electron chi connectivity index (χ4n) is 2.05. The van der Waals surface area contributed by atoms with Crippen molar-refractivity contribution < 1.29 is 0 Å². The molecule has 0 aliphatic carbocycles. The molecule has 0 radical (unpaired) electrons. The highest BCUT2D eigenvalue weighted by Gasteiger charge is 2.16. The minimum Gasteiger partial charge on any atom is -0.390 e. The van der Waals surface area contributed by atoms with E-state index in [-0.39, 0.29) is 0 Å². The van der Waals surface area contributed by atoms with Crippen molar-refractivity contribution in [1.82, 2.24) is 15.0 Å². The van der Waals surface area contributed by atoms with Crippen LogP contribution in [0.2, 0.25) is 0 Å². The number of anilines is 1. The summed E-state index contributed by atoms with van der Waals surface area (Å²) >= 11 is 1.60. The van der Waals surface area contributed by atoms with Gasteiger partial charge >= 0.3 is 0 Å². The molecule has 18 heavy (non-hydrogen) atoms. The molecule has 0 atom stereocenters. The average Bonchev–Trinajstić information content (AvgIpc) is 2.80. The van der Waals surface area contributed by atoms with Gasteiger partial charge in [0.1, 0.15) is 5.82 Å². The fourth-order valence-corrected chi connectivity index (χ4v) is 2.99. The van der Waals surface area contributed by atoms with Gasteiger partial charge in [-0.05, 0) is 38.5 Å². The van der Waals surface area contributed by atoms with Gasteiger partial charge in [-0.15, -0.1) is 11.3 Å². The molecular formula is C13H14N4S. The normalized spacial score (nSPS) is 11.3. The van der Waals surface area contributed by atoms with E-state index in [0.717, 1.165) is 33.2 Å². The monoisotopic (exact) mass is 258 g/mol. The Morgan fingerprint density at radius 1 is 1.17 bits per heavy atom. The third-order valence-corrected chi connectivity index (χ3v) is 4.17. The van der Waals surface area contributed by atoms with E-state index >= 15 is 0 Å². The van der Waals surface area contributed by atoms with E-state index in [1.54, 1.807) is 11.3 Å². The first kappa shape index (κ1) is 11.2. The molecule has 3 N–H and O–H groups in total. The molecule has 0 fully saturated rings. The third kappa shape index (κ3) is 1.59. The minimum absolute atomic E-state index is 0.743. The summed E-state index contributed by atoms with van der Waals surface area (Å²) in [6.07, 6.45) is 0. The highest BCUT2D eigenvalue weighted by Crippen LogP contribution is 2.37. The number of nitrogens with one attached hydrogen (secondary N) is 1. The zero-order valence-electron chi connectivity index (χ0n) is 10.5.